The van der Waals surface area contributed by atoms with Crippen LogP contribution in [-0.4, -0.2) is 45.2 Å². The maximum atomic E-state index is 13.6. The molecule has 0 radical (unpaired) electrons. The fraction of sp³-hybridized carbons (Fsp3) is 0.391. The van der Waals surface area contributed by atoms with Crippen LogP contribution < -0.4 is 0 Å². The number of likely N-dealkylation sites (tertiary alicyclic amines) is 1. The van der Waals surface area contributed by atoms with Crippen LogP contribution in [0.2, 0.25) is 0 Å². The minimum Gasteiger partial charge on any atom is -0.367 e. The van der Waals surface area contributed by atoms with E-state index < -0.39 is 11.5 Å². The summed E-state index contributed by atoms with van der Waals surface area (Å²) >= 11 is 0. The zero-order valence-corrected chi connectivity index (χ0v) is 17.1. The van der Waals surface area contributed by atoms with E-state index in [1.54, 1.807) is 30.0 Å². The number of aromatic nitrogens is 1. The van der Waals surface area contributed by atoms with Crippen molar-refractivity contribution in [3.05, 3.63) is 53.3 Å². The van der Waals surface area contributed by atoms with Crippen LogP contribution in [0.5, 0.6) is 0 Å². The molecule has 7 heteroatoms. The molecule has 1 aromatic heterocycles. The first-order valence-electron chi connectivity index (χ1n) is 10.4. The van der Waals surface area contributed by atoms with Crippen molar-refractivity contribution in [2.24, 2.45) is 0 Å². The molecule has 0 bridgehead atoms. The molecular formula is C23H24FN3O3. The lowest BCUT2D eigenvalue weighted by Crippen LogP contribution is -2.55. The second-order valence-electron chi connectivity index (χ2n) is 8.32. The Bertz CT molecular complexity index is 1130. The van der Waals surface area contributed by atoms with E-state index in [2.05, 4.69) is 10.1 Å². The van der Waals surface area contributed by atoms with E-state index in [0.29, 0.717) is 33.4 Å². The zero-order valence-electron chi connectivity index (χ0n) is 17.1. The lowest BCUT2D eigenvalue weighted by Gasteiger charge is -2.43. The van der Waals surface area contributed by atoms with Gasteiger partial charge in [-0.25, -0.2) is 4.39 Å². The Morgan fingerprint density at radius 2 is 1.90 bits per heavy atom. The molecule has 2 aromatic carbocycles. The van der Waals surface area contributed by atoms with Crippen LogP contribution in [0.3, 0.4) is 0 Å². The molecule has 6 nitrogen and oxygen atoms in total. The Morgan fingerprint density at radius 3 is 2.67 bits per heavy atom. The summed E-state index contributed by atoms with van der Waals surface area (Å²) in [5, 5.41) is 16.4. The summed E-state index contributed by atoms with van der Waals surface area (Å²) in [6.07, 6.45) is 3.14. The summed E-state index contributed by atoms with van der Waals surface area (Å²) in [5.74, 6) is -0.610. The molecule has 2 aliphatic rings. The number of carbonyl (C=O) groups excluding carboxylic acids is 1. The SMILES string of the molecule is CC(N1CCCCC1)N1C(=O)c2cccc(-c3noc4cc(F)ccc34)c2C1(C)O. The molecule has 0 spiro atoms. The molecule has 1 fully saturated rings. The molecule has 1 saturated heterocycles. The molecule has 1 N–H and O–H groups in total. The summed E-state index contributed by atoms with van der Waals surface area (Å²) in [6.45, 7) is 5.44. The van der Waals surface area contributed by atoms with Crippen LogP contribution in [-0.2, 0) is 5.72 Å². The number of fused-ring (bicyclic) bond motifs is 2. The van der Waals surface area contributed by atoms with Crippen LogP contribution in [0.25, 0.3) is 22.2 Å². The molecule has 3 aromatic rings. The summed E-state index contributed by atoms with van der Waals surface area (Å²) < 4.78 is 18.9. The number of aliphatic hydroxyl groups is 1. The first-order chi connectivity index (χ1) is 14.4. The standard InChI is InChI=1S/C23H24FN3O3/c1-14(26-11-4-3-5-12-26)27-22(28)18-8-6-7-17(20(18)23(27,2)29)21-16-10-9-15(24)13-19(16)30-25-21/h6-10,13-14,29H,3-5,11-12H2,1-2H3. The van der Waals surface area contributed by atoms with Crippen molar-refractivity contribution in [2.75, 3.05) is 13.1 Å². The average Bonchev–Trinajstić information content (AvgIpc) is 3.24. The summed E-state index contributed by atoms with van der Waals surface area (Å²) in [5.41, 5.74) is 0.889. The van der Waals surface area contributed by atoms with E-state index in [-0.39, 0.29) is 12.1 Å². The van der Waals surface area contributed by atoms with Gasteiger partial charge in [-0.05, 0) is 44.9 Å². The predicted octanol–water partition coefficient (Wildman–Crippen LogP) is 4.09. The number of hydrogen-bond acceptors (Lipinski definition) is 5. The summed E-state index contributed by atoms with van der Waals surface area (Å²) in [6, 6.07) is 9.57. The number of hydrogen-bond donors (Lipinski definition) is 1. The van der Waals surface area contributed by atoms with Gasteiger partial charge in [-0.3, -0.25) is 14.6 Å². The van der Waals surface area contributed by atoms with E-state index in [4.69, 9.17) is 4.52 Å². The minimum atomic E-state index is -1.51. The maximum Gasteiger partial charge on any atom is 0.258 e. The van der Waals surface area contributed by atoms with Crippen molar-refractivity contribution in [3.8, 4) is 11.3 Å². The Labute approximate surface area is 173 Å². The van der Waals surface area contributed by atoms with Crippen molar-refractivity contribution < 1.29 is 18.8 Å². The third-order valence-corrected chi connectivity index (χ3v) is 6.44. The Morgan fingerprint density at radius 1 is 1.17 bits per heavy atom. The second-order valence-corrected chi connectivity index (χ2v) is 8.32. The van der Waals surface area contributed by atoms with Crippen LogP contribution in [0.1, 0.15) is 49.0 Å². The van der Waals surface area contributed by atoms with Gasteiger partial charge in [0.25, 0.3) is 5.91 Å². The highest BCUT2D eigenvalue weighted by Gasteiger charge is 2.50. The first kappa shape index (κ1) is 19.2. The molecule has 156 valence electrons. The largest absolute Gasteiger partial charge is 0.367 e. The van der Waals surface area contributed by atoms with E-state index in [9.17, 15) is 14.3 Å². The van der Waals surface area contributed by atoms with Crippen molar-refractivity contribution in [1.29, 1.82) is 0 Å². The number of amides is 1. The highest BCUT2D eigenvalue weighted by atomic mass is 19.1. The monoisotopic (exact) mass is 409 g/mol. The normalized spacial score (nSPS) is 23.2. The number of piperidine rings is 1. The van der Waals surface area contributed by atoms with Gasteiger partial charge in [0.15, 0.2) is 11.3 Å². The zero-order chi connectivity index (χ0) is 21.0. The molecule has 30 heavy (non-hydrogen) atoms. The van der Waals surface area contributed by atoms with E-state index in [1.165, 1.54) is 18.6 Å². The fourth-order valence-electron chi connectivity index (χ4n) is 4.98. The summed E-state index contributed by atoms with van der Waals surface area (Å²) in [4.78, 5) is 17.2. The molecule has 0 saturated carbocycles. The second kappa shape index (κ2) is 6.89. The van der Waals surface area contributed by atoms with Gasteiger partial charge in [0, 0.05) is 41.2 Å². The third-order valence-electron chi connectivity index (χ3n) is 6.44. The first-order valence-corrected chi connectivity index (χ1v) is 10.4. The highest BCUT2D eigenvalue weighted by molar-refractivity contribution is 6.03. The van der Waals surface area contributed by atoms with Gasteiger partial charge < -0.3 is 9.63 Å². The van der Waals surface area contributed by atoms with Crippen LogP contribution >= 0.6 is 0 Å². The number of carbonyl (C=O) groups is 1. The van der Waals surface area contributed by atoms with Crippen LogP contribution in [0.15, 0.2) is 40.9 Å². The highest BCUT2D eigenvalue weighted by Crippen LogP contribution is 2.45. The Balaban J connectivity index is 1.62. The third kappa shape index (κ3) is 2.76. The Hall–Kier alpha value is -2.77. The number of rotatable bonds is 3. The molecule has 5 rings (SSSR count). The van der Waals surface area contributed by atoms with Gasteiger partial charge in [-0.2, -0.15) is 0 Å². The predicted molar refractivity (Wildman–Crippen MR) is 110 cm³/mol. The van der Waals surface area contributed by atoms with Crippen molar-refractivity contribution >= 4 is 16.9 Å². The molecule has 3 heterocycles. The molecule has 0 aliphatic carbocycles. The molecular weight excluding hydrogens is 385 g/mol. The minimum absolute atomic E-state index is 0.200. The fourth-order valence-corrected chi connectivity index (χ4v) is 4.98. The lowest BCUT2D eigenvalue weighted by atomic mass is 9.93. The van der Waals surface area contributed by atoms with Gasteiger partial charge in [-0.15, -0.1) is 0 Å². The van der Waals surface area contributed by atoms with E-state index >= 15 is 0 Å². The van der Waals surface area contributed by atoms with Crippen molar-refractivity contribution in [2.45, 2.75) is 45.0 Å². The Kier molecular flexibility index (Phi) is 4.41. The quantitative estimate of drug-likeness (QED) is 0.706. The van der Waals surface area contributed by atoms with Gasteiger partial charge in [0.1, 0.15) is 11.5 Å². The average molecular weight is 409 g/mol. The van der Waals surface area contributed by atoms with Gasteiger partial charge in [0.05, 0.1) is 6.17 Å². The van der Waals surface area contributed by atoms with Gasteiger partial charge in [-0.1, -0.05) is 23.7 Å². The van der Waals surface area contributed by atoms with E-state index in [0.717, 1.165) is 25.9 Å². The summed E-state index contributed by atoms with van der Waals surface area (Å²) in [7, 11) is 0. The number of benzene rings is 2. The smallest absolute Gasteiger partial charge is 0.258 e. The number of nitrogens with zero attached hydrogens (tertiary/aromatic N) is 3. The van der Waals surface area contributed by atoms with Gasteiger partial charge in [0.2, 0.25) is 0 Å². The van der Waals surface area contributed by atoms with Crippen molar-refractivity contribution in [3.63, 3.8) is 0 Å². The van der Waals surface area contributed by atoms with Crippen molar-refractivity contribution in [1.82, 2.24) is 15.0 Å². The molecule has 2 unspecified atom stereocenters. The van der Waals surface area contributed by atoms with Crippen LogP contribution in [0.4, 0.5) is 4.39 Å². The lowest BCUT2D eigenvalue weighted by molar-refractivity contribution is -0.116. The topological polar surface area (TPSA) is 69.8 Å². The molecule has 1 amide bonds. The van der Waals surface area contributed by atoms with Crippen LogP contribution in [0, 0.1) is 5.82 Å². The van der Waals surface area contributed by atoms with E-state index in [1.807, 2.05) is 13.0 Å². The number of halogens is 1. The van der Waals surface area contributed by atoms with Gasteiger partial charge >= 0.3 is 0 Å². The maximum absolute atomic E-state index is 13.6. The molecule has 2 atom stereocenters. The molecule has 2 aliphatic heterocycles.